The van der Waals surface area contributed by atoms with Crippen LogP contribution in [0.1, 0.15) is 31.2 Å². The smallest absolute Gasteiger partial charge is 0.406 e. The maximum atomic E-state index is 12.5. The first-order valence-electron chi connectivity index (χ1n) is 11.0. The van der Waals surface area contributed by atoms with Gasteiger partial charge >= 0.3 is 6.36 Å². The van der Waals surface area contributed by atoms with E-state index >= 15 is 0 Å². The van der Waals surface area contributed by atoms with Crippen molar-refractivity contribution in [2.75, 3.05) is 5.75 Å². The van der Waals surface area contributed by atoms with E-state index in [1.165, 1.54) is 12.1 Å². The van der Waals surface area contributed by atoms with Gasteiger partial charge in [0.05, 0.1) is 17.2 Å². The van der Waals surface area contributed by atoms with Crippen LogP contribution < -0.4 is 4.74 Å². The SMILES string of the molecule is CCCCS(=O)(=O)c1cccc(Cn2nc(-c3nc(-c4ccc(OC(F)(F)F)cc4)no3)nc2C)c1. The Hall–Kier alpha value is -3.74. The van der Waals surface area contributed by atoms with E-state index in [2.05, 4.69) is 25.0 Å². The van der Waals surface area contributed by atoms with Gasteiger partial charge in [0.1, 0.15) is 11.6 Å². The molecule has 0 radical (unpaired) electrons. The fraction of sp³-hybridized carbons (Fsp3) is 0.304. The number of ether oxygens (including phenoxy) is 1. The van der Waals surface area contributed by atoms with Gasteiger partial charge in [-0.3, -0.25) is 0 Å². The monoisotopic (exact) mass is 521 g/mol. The van der Waals surface area contributed by atoms with Gasteiger partial charge in [-0.2, -0.15) is 4.98 Å². The average Bonchev–Trinajstić information content (AvgIpc) is 3.45. The number of alkyl halides is 3. The molecule has 0 saturated carbocycles. The average molecular weight is 522 g/mol. The Kier molecular flexibility index (Phi) is 7.11. The molecule has 36 heavy (non-hydrogen) atoms. The van der Waals surface area contributed by atoms with Crippen LogP contribution in [0.4, 0.5) is 13.2 Å². The minimum atomic E-state index is -4.78. The normalized spacial score (nSPS) is 12.1. The zero-order chi connectivity index (χ0) is 25.9. The first-order chi connectivity index (χ1) is 17.0. The van der Waals surface area contributed by atoms with E-state index in [-0.39, 0.29) is 40.5 Å². The Morgan fingerprint density at radius 1 is 1.06 bits per heavy atom. The number of benzene rings is 2. The molecule has 4 aromatic rings. The van der Waals surface area contributed by atoms with Crippen LogP contribution in [0.25, 0.3) is 23.1 Å². The molecule has 0 spiro atoms. The zero-order valence-corrected chi connectivity index (χ0v) is 20.2. The molecular formula is C23H22F3N5O4S. The topological polar surface area (TPSA) is 113 Å². The van der Waals surface area contributed by atoms with Crippen LogP contribution in [-0.4, -0.2) is 45.4 Å². The van der Waals surface area contributed by atoms with Gasteiger partial charge in [-0.05, 0) is 55.3 Å². The van der Waals surface area contributed by atoms with E-state index in [0.29, 0.717) is 17.8 Å². The van der Waals surface area contributed by atoms with Crippen molar-refractivity contribution in [3.8, 4) is 28.9 Å². The zero-order valence-electron chi connectivity index (χ0n) is 19.4. The van der Waals surface area contributed by atoms with Crippen LogP contribution in [0.15, 0.2) is 57.9 Å². The molecule has 0 aliphatic carbocycles. The highest BCUT2D eigenvalue weighted by molar-refractivity contribution is 7.91. The quantitative estimate of drug-likeness (QED) is 0.308. The number of halogens is 3. The van der Waals surface area contributed by atoms with Crippen molar-refractivity contribution >= 4 is 9.84 Å². The summed E-state index contributed by atoms with van der Waals surface area (Å²) in [5, 5.41) is 8.24. The Morgan fingerprint density at radius 2 is 1.81 bits per heavy atom. The number of aryl methyl sites for hydroxylation is 1. The number of aromatic nitrogens is 5. The Balaban J connectivity index is 1.51. The van der Waals surface area contributed by atoms with Crippen LogP contribution in [0.3, 0.4) is 0 Å². The molecule has 13 heteroatoms. The number of nitrogens with zero attached hydrogens (tertiary/aromatic N) is 5. The van der Waals surface area contributed by atoms with Gasteiger partial charge in [-0.15, -0.1) is 18.3 Å². The first kappa shape index (κ1) is 25.4. The van der Waals surface area contributed by atoms with Crippen LogP contribution in [0.5, 0.6) is 5.75 Å². The lowest BCUT2D eigenvalue weighted by molar-refractivity contribution is -0.274. The largest absolute Gasteiger partial charge is 0.573 e. The number of unbranched alkanes of at least 4 members (excludes halogenated alkanes) is 1. The summed E-state index contributed by atoms with van der Waals surface area (Å²) >= 11 is 0. The third kappa shape index (κ3) is 6.08. The maximum Gasteiger partial charge on any atom is 0.573 e. The number of sulfone groups is 1. The third-order valence-electron chi connectivity index (χ3n) is 5.18. The van der Waals surface area contributed by atoms with Gasteiger partial charge in [-0.25, -0.2) is 18.1 Å². The van der Waals surface area contributed by atoms with Crippen molar-refractivity contribution in [1.29, 1.82) is 0 Å². The highest BCUT2D eigenvalue weighted by Gasteiger charge is 2.31. The first-order valence-corrected chi connectivity index (χ1v) is 12.6. The molecule has 9 nitrogen and oxygen atoms in total. The summed E-state index contributed by atoms with van der Waals surface area (Å²) in [7, 11) is -3.36. The Bertz CT molecular complexity index is 1450. The number of hydrogen-bond acceptors (Lipinski definition) is 8. The van der Waals surface area contributed by atoms with Crippen molar-refractivity contribution in [1.82, 2.24) is 24.9 Å². The summed E-state index contributed by atoms with van der Waals surface area (Å²) in [5.41, 5.74) is 1.15. The summed E-state index contributed by atoms with van der Waals surface area (Å²) in [6, 6.07) is 11.7. The van der Waals surface area contributed by atoms with Gasteiger partial charge in [0, 0.05) is 5.56 Å². The minimum absolute atomic E-state index is 0.0263. The molecule has 0 fully saturated rings. The minimum Gasteiger partial charge on any atom is -0.406 e. The molecule has 0 aliphatic rings. The van der Waals surface area contributed by atoms with Crippen molar-refractivity contribution < 1.29 is 30.8 Å². The molecule has 0 N–H and O–H groups in total. The molecule has 0 saturated heterocycles. The molecule has 0 atom stereocenters. The summed E-state index contributed by atoms with van der Waals surface area (Å²) in [6.07, 6.45) is -3.40. The Morgan fingerprint density at radius 3 is 2.50 bits per heavy atom. The second-order valence-corrected chi connectivity index (χ2v) is 10.1. The van der Waals surface area contributed by atoms with Gasteiger partial charge in [-0.1, -0.05) is 30.6 Å². The van der Waals surface area contributed by atoms with E-state index in [1.807, 2.05) is 6.92 Å². The molecule has 2 heterocycles. The fourth-order valence-electron chi connectivity index (χ4n) is 3.36. The lowest BCUT2D eigenvalue weighted by atomic mass is 10.2. The van der Waals surface area contributed by atoms with Crippen LogP contribution in [0, 0.1) is 6.92 Å². The Labute approximate surface area is 204 Å². The van der Waals surface area contributed by atoms with Crippen molar-refractivity contribution in [3.63, 3.8) is 0 Å². The van der Waals surface area contributed by atoms with E-state index in [1.54, 1.807) is 35.9 Å². The standard InChI is InChI=1S/C23H22F3N5O4S/c1-3-4-12-36(32,33)19-7-5-6-16(13-19)14-31-15(2)27-21(29-31)22-28-20(30-35-22)17-8-10-18(11-9-17)34-23(24,25)26/h5-11,13H,3-4,12,14H2,1-2H3. The molecule has 2 aromatic carbocycles. The highest BCUT2D eigenvalue weighted by atomic mass is 32.2. The van der Waals surface area contributed by atoms with Crippen molar-refractivity contribution in [2.45, 2.75) is 44.5 Å². The summed E-state index contributed by atoms with van der Waals surface area (Å²) in [4.78, 5) is 8.84. The maximum absolute atomic E-state index is 12.5. The molecule has 0 bridgehead atoms. The lowest BCUT2D eigenvalue weighted by Crippen LogP contribution is -2.16. The van der Waals surface area contributed by atoms with Crippen molar-refractivity contribution in [2.24, 2.45) is 0 Å². The van der Waals surface area contributed by atoms with Gasteiger partial charge in [0.2, 0.25) is 11.6 Å². The fourth-order valence-corrected chi connectivity index (χ4v) is 4.88. The van der Waals surface area contributed by atoms with Gasteiger partial charge in [0.25, 0.3) is 5.89 Å². The van der Waals surface area contributed by atoms with Crippen LogP contribution in [0.2, 0.25) is 0 Å². The third-order valence-corrected chi connectivity index (χ3v) is 6.97. The second kappa shape index (κ2) is 10.1. The predicted octanol–water partition coefficient (Wildman–Crippen LogP) is 4.82. The van der Waals surface area contributed by atoms with E-state index in [9.17, 15) is 21.6 Å². The molecule has 0 aliphatic heterocycles. The molecule has 2 aromatic heterocycles. The predicted molar refractivity (Wildman–Crippen MR) is 123 cm³/mol. The second-order valence-electron chi connectivity index (χ2n) is 7.96. The van der Waals surface area contributed by atoms with Crippen LogP contribution >= 0.6 is 0 Å². The molecule has 0 unspecified atom stereocenters. The summed E-state index contributed by atoms with van der Waals surface area (Å²) in [6.45, 7) is 3.94. The van der Waals surface area contributed by atoms with Gasteiger partial charge in [0.15, 0.2) is 9.84 Å². The van der Waals surface area contributed by atoms with Crippen LogP contribution in [-0.2, 0) is 16.4 Å². The van der Waals surface area contributed by atoms with E-state index < -0.39 is 16.2 Å². The lowest BCUT2D eigenvalue weighted by Gasteiger charge is -2.08. The summed E-state index contributed by atoms with van der Waals surface area (Å²) in [5.74, 6) is 0.596. The number of hydrogen-bond donors (Lipinski definition) is 0. The highest BCUT2D eigenvalue weighted by Crippen LogP contribution is 2.26. The van der Waals surface area contributed by atoms with Crippen molar-refractivity contribution in [3.05, 3.63) is 59.9 Å². The van der Waals surface area contributed by atoms with Gasteiger partial charge < -0.3 is 9.26 Å². The number of rotatable bonds is 9. The summed E-state index contributed by atoms with van der Waals surface area (Å²) < 4.78 is 72.8. The molecule has 0 amide bonds. The molecular weight excluding hydrogens is 499 g/mol. The molecule has 4 rings (SSSR count). The molecule has 190 valence electrons. The van der Waals surface area contributed by atoms with E-state index in [0.717, 1.165) is 24.1 Å². The van der Waals surface area contributed by atoms with E-state index in [4.69, 9.17) is 4.52 Å².